The molecule has 2 N–H and O–H groups in total. The van der Waals surface area contributed by atoms with E-state index in [1.165, 1.54) is 40.4 Å². The lowest BCUT2D eigenvalue weighted by molar-refractivity contribution is -0.152. The Bertz CT molecular complexity index is 959. The minimum absolute atomic E-state index is 0.280. The molecule has 0 spiro atoms. The molecule has 0 bridgehead atoms. The molecule has 2 amide bonds. The number of amides is 2. The fourth-order valence-corrected chi connectivity index (χ4v) is 2.68. The van der Waals surface area contributed by atoms with Gasteiger partial charge in [0.25, 0.3) is 11.8 Å². The highest BCUT2D eigenvalue weighted by molar-refractivity contribution is 5.98. The van der Waals surface area contributed by atoms with E-state index in [1.54, 1.807) is 18.2 Å². The predicted molar refractivity (Wildman–Crippen MR) is 114 cm³/mol. The molecule has 0 heterocycles. The summed E-state index contributed by atoms with van der Waals surface area (Å²) < 4.78 is 20.6. The van der Waals surface area contributed by atoms with E-state index in [1.807, 2.05) is 13.0 Å². The first-order valence-electron chi connectivity index (χ1n) is 9.44. The molecule has 0 radical (unpaired) electrons. The van der Waals surface area contributed by atoms with Crippen LogP contribution in [0.3, 0.4) is 0 Å². The van der Waals surface area contributed by atoms with Crippen molar-refractivity contribution in [3.8, 4) is 17.2 Å². The van der Waals surface area contributed by atoms with Crippen LogP contribution in [0.15, 0.2) is 36.4 Å². The molecule has 0 aliphatic carbocycles. The Morgan fingerprint density at radius 1 is 0.903 bits per heavy atom. The van der Waals surface area contributed by atoms with Crippen LogP contribution in [-0.4, -0.2) is 51.8 Å². The van der Waals surface area contributed by atoms with Gasteiger partial charge in [0, 0.05) is 5.56 Å². The summed E-state index contributed by atoms with van der Waals surface area (Å²) in [5.74, 6) is -0.437. The molecule has 1 unspecified atom stereocenters. The van der Waals surface area contributed by atoms with Gasteiger partial charge < -0.3 is 29.6 Å². The second kappa shape index (κ2) is 10.9. The third-order valence-corrected chi connectivity index (χ3v) is 4.33. The van der Waals surface area contributed by atoms with Crippen molar-refractivity contribution in [3.05, 3.63) is 47.5 Å². The van der Waals surface area contributed by atoms with E-state index in [0.717, 1.165) is 5.56 Å². The second-order valence-corrected chi connectivity index (χ2v) is 6.58. The molecule has 0 saturated heterocycles. The monoisotopic (exact) mass is 430 g/mol. The lowest BCUT2D eigenvalue weighted by atomic mass is 10.2. The molecular formula is C22H26N2O7. The summed E-state index contributed by atoms with van der Waals surface area (Å²) in [4.78, 5) is 36.7. The van der Waals surface area contributed by atoms with Gasteiger partial charge in [-0.25, -0.2) is 0 Å². The zero-order valence-corrected chi connectivity index (χ0v) is 18.1. The van der Waals surface area contributed by atoms with Crippen molar-refractivity contribution in [3.63, 3.8) is 0 Å². The van der Waals surface area contributed by atoms with Crippen LogP contribution >= 0.6 is 0 Å². The Balaban J connectivity index is 1.90. The topological polar surface area (TPSA) is 112 Å². The molecule has 166 valence electrons. The third-order valence-electron chi connectivity index (χ3n) is 4.33. The maximum Gasteiger partial charge on any atom is 0.326 e. The number of carbonyl (C=O) groups excluding carboxylic acids is 3. The number of benzene rings is 2. The second-order valence-electron chi connectivity index (χ2n) is 6.58. The molecule has 1 atom stereocenters. The van der Waals surface area contributed by atoms with Gasteiger partial charge >= 0.3 is 5.97 Å². The Morgan fingerprint density at radius 2 is 1.55 bits per heavy atom. The summed E-state index contributed by atoms with van der Waals surface area (Å²) in [5.41, 5.74) is 1.68. The number of hydrogen-bond acceptors (Lipinski definition) is 7. The van der Waals surface area contributed by atoms with Gasteiger partial charge in [0.15, 0.2) is 17.6 Å². The van der Waals surface area contributed by atoms with Crippen LogP contribution in [-0.2, 0) is 14.3 Å². The minimum atomic E-state index is -1.07. The number of nitrogens with one attached hydrogen (secondary N) is 2. The van der Waals surface area contributed by atoms with E-state index < -0.39 is 30.4 Å². The van der Waals surface area contributed by atoms with Gasteiger partial charge in [-0.1, -0.05) is 6.07 Å². The van der Waals surface area contributed by atoms with E-state index in [9.17, 15) is 14.4 Å². The zero-order valence-electron chi connectivity index (χ0n) is 18.1. The Morgan fingerprint density at radius 3 is 2.19 bits per heavy atom. The zero-order chi connectivity index (χ0) is 23.0. The van der Waals surface area contributed by atoms with E-state index in [4.69, 9.17) is 18.9 Å². The lowest BCUT2D eigenvalue weighted by Crippen LogP contribution is -2.35. The van der Waals surface area contributed by atoms with Crippen LogP contribution in [0, 0.1) is 6.92 Å². The third kappa shape index (κ3) is 6.36. The SMILES string of the molecule is COc1ccc(C)cc1NC(=O)C(C)OC(=O)CNC(=O)c1ccc(OC)c(OC)c1. The lowest BCUT2D eigenvalue weighted by Gasteiger charge is -2.16. The van der Waals surface area contributed by atoms with Crippen LogP contribution in [0.4, 0.5) is 5.69 Å². The highest BCUT2D eigenvalue weighted by Gasteiger charge is 2.20. The molecule has 0 aromatic heterocycles. The summed E-state index contributed by atoms with van der Waals surface area (Å²) >= 11 is 0. The minimum Gasteiger partial charge on any atom is -0.495 e. The summed E-state index contributed by atoms with van der Waals surface area (Å²) in [6, 6.07) is 9.93. The average Bonchev–Trinajstić information content (AvgIpc) is 2.76. The molecule has 0 aliphatic rings. The number of ether oxygens (including phenoxy) is 4. The van der Waals surface area contributed by atoms with Crippen molar-refractivity contribution < 1.29 is 33.3 Å². The van der Waals surface area contributed by atoms with Crippen molar-refractivity contribution in [2.24, 2.45) is 0 Å². The number of rotatable bonds is 9. The number of carbonyl (C=O) groups is 3. The van der Waals surface area contributed by atoms with Crippen LogP contribution in [0.2, 0.25) is 0 Å². The van der Waals surface area contributed by atoms with Crippen molar-refractivity contribution >= 4 is 23.5 Å². The Kier molecular flexibility index (Phi) is 8.25. The quantitative estimate of drug-likeness (QED) is 0.587. The predicted octanol–water partition coefficient (Wildman–Crippen LogP) is 2.32. The van der Waals surface area contributed by atoms with Gasteiger partial charge in [0.05, 0.1) is 27.0 Å². The fourth-order valence-electron chi connectivity index (χ4n) is 2.68. The van der Waals surface area contributed by atoms with Crippen LogP contribution in [0.1, 0.15) is 22.8 Å². The molecule has 2 rings (SSSR count). The first-order valence-corrected chi connectivity index (χ1v) is 9.44. The van der Waals surface area contributed by atoms with Crippen molar-refractivity contribution in [1.82, 2.24) is 5.32 Å². The van der Waals surface area contributed by atoms with Gasteiger partial charge in [0.1, 0.15) is 12.3 Å². The van der Waals surface area contributed by atoms with Crippen molar-refractivity contribution in [2.75, 3.05) is 33.2 Å². The highest BCUT2D eigenvalue weighted by Crippen LogP contribution is 2.27. The fraction of sp³-hybridized carbons (Fsp3) is 0.318. The molecule has 0 aliphatic heterocycles. The molecule has 2 aromatic carbocycles. The number of aryl methyl sites for hydroxylation is 1. The molecule has 0 fully saturated rings. The summed E-state index contributed by atoms with van der Waals surface area (Å²) in [5, 5.41) is 5.11. The first kappa shape index (κ1) is 23.5. The van der Waals surface area contributed by atoms with E-state index in [2.05, 4.69) is 10.6 Å². The van der Waals surface area contributed by atoms with Crippen LogP contribution in [0.25, 0.3) is 0 Å². The number of esters is 1. The van der Waals surface area contributed by atoms with E-state index in [0.29, 0.717) is 22.9 Å². The molecule has 9 heteroatoms. The van der Waals surface area contributed by atoms with Gasteiger partial charge in [0.2, 0.25) is 0 Å². The largest absolute Gasteiger partial charge is 0.495 e. The maximum atomic E-state index is 12.4. The number of anilines is 1. The van der Waals surface area contributed by atoms with Gasteiger partial charge in [-0.15, -0.1) is 0 Å². The first-order chi connectivity index (χ1) is 14.8. The number of methoxy groups -OCH3 is 3. The summed E-state index contributed by atoms with van der Waals surface area (Å²) in [6.45, 7) is 2.91. The van der Waals surface area contributed by atoms with E-state index >= 15 is 0 Å². The summed E-state index contributed by atoms with van der Waals surface area (Å²) in [7, 11) is 4.43. The molecule has 31 heavy (non-hydrogen) atoms. The maximum absolute atomic E-state index is 12.4. The average molecular weight is 430 g/mol. The molecule has 9 nitrogen and oxygen atoms in total. The van der Waals surface area contributed by atoms with Crippen molar-refractivity contribution in [2.45, 2.75) is 20.0 Å². The Labute approximate surface area is 180 Å². The van der Waals surface area contributed by atoms with Crippen LogP contribution < -0.4 is 24.8 Å². The normalized spacial score (nSPS) is 11.1. The van der Waals surface area contributed by atoms with Crippen molar-refractivity contribution in [1.29, 1.82) is 0 Å². The smallest absolute Gasteiger partial charge is 0.326 e. The van der Waals surface area contributed by atoms with Crippen LogP contribution in [0.5, 0.6) is 17.2 Å². The Hall–Kier alpha value is -3.75. The molecule has 0 saturated carbocycles. The summed E-state index contributed by atoms with van der Waals surface area (Å²) in [6.07, 6.45) is -1.07. The van der Waals surface area contributed by atoms with Gasteiger partial charge in [-0.05, 0) is 49.7 Å². The highest BCUT2D eigenvalue weighted by atomic mass is 16.5. The molecular weight excluding hydrogens is 404 g/mol. The van der Waals surface area contributed by atoms with Gasteiger partial charge in [-0.2, -0.15) is 0 Å². The molecule has 2 aromatic rings. The number of hydrogen-bond donors (Lipinski definition) is 2. The van der Waals surface area contributed by atoms with Gasteiger partial charge in [-0.3, -0.25) is 14.4 Å². The van der Waals surface area contributed by atoms with E-state index in [-0.39, 0.29) is 5.56 Å². The standard InChI is InChI=1S/C22H26N2O7/c1-13-6-8-17(28-3)16(10-13)24-21(26)14(2)31-20(25)12-23-22(27)15-7-9-18(29-4)19(11-15)30-5/h6-11,14H,12H2,1-5H3,(H,23,27)(H,24,26).